The molecule has 11 unspecified atom stereocenters. The number of phosphoric ester groups is 1. The number of hydrogen-bond donors (Lipinski definition) is 1. The van der Waals surface area contributed by atoms with Crippen molar-refractivity contribution >= 4 is 7.82 Å². The minimum Gasteiger partial charge on any atom is -0.394 e. The quantitative estimate of drug-likeness (QED) is 0.0352. The maximum atomic E-state index is 16.6. The van der Waals surface area contributed by atoms with Gasteiger partial charge in [0.1, 0.15) is 73.2 Å². The first-order valence-electron chi connectivity index (χ1n) is 38.4. The number of aliphatic hydroxyl groups is 1. The molecule has 2 saturated heterocycles. The van der Waals surface area contributed by atoms with Crippen molar-refractivity contribution in [2.45, 2.75) is 152 Å². The molecule has 2 heterocycles. The summed E-state index contributed by atoms with van der Waals surface area (Å²) < 4.78 is 139. The number of rotatable bonds is 50. The van der Waals surface area contributed by atoms with E-state index >= 15 is 4.57 Å². The number of benzene rings is 10. The highest BCUT2D eigenvalue weighted by Crippen LogP contribution is 2.54. The molecule has 2 aliphatic heterocycles. The summed E-state index contributed by atoms with van der Waals surface area (Å²) in [5, 5.41) is 11.3. The van der Waals surface area contributed by atoms with Crippen LogP contribution >= 0.6 is 7.82 Å². The lowest BCUT2D eigenvalue weighted by molar-refractivity contribution is -0.219. The van der Waals surface area contributed by atoms with Crippen molar-refractivity contribution in [3.8, 4) is 0 Å². The predicted molar refractivity (Wildman–Crippen MR) is 425 cm³/mol. The van der Waals surface area contributed by atoms with E-state index in [1.54, 1.807) is 7.11 Å². The number of phosphoric acid groups is 1. The summed E-state index contributed by atoms with van der Waals surface area (Å²) in [4.78, 5) is 0. The molecule has 596 valence electrons. The fraction of sp³-hybridized carbons (Fsp3) is 0.348. The summed E-state index contributed by atoms with van der Waals surface area (Å²) in [6.07, 6.45) is -13.8. The van der Waals surface area contributed by atoms with Gasteiger partial charge in [0.15, 0.2) is 12.6 Å². The van der Waals surface area contributed by atoms with Crippen LogP contribution in [0.3, 0.4) is 0 Å². The van der Waals surface area contributed by atoms with Crippen LogP contribution in [0.1, 0.15) is 55.6 Å². The van der Waals surface area contributed by atoms with Gasteiger partial charge in [-0.1, -0.05) is 303 Å². The van der Waals surface area contributed by atoms with Crippen molar-refractivity contribution < 1.29 is 94.3 Å². The first-order valence-corrected chi connectivity index (χ1v) is 39.9. The molecule has 0 radical (unpaired) electrons. The highest BCUT2D eigenvalue weighted by molar-refractivity contribution is 7.48. The average molecular weight is 1560 g/mol. The second-order valence-electron chi connectivity index (χ2n) is 27.5. The molecule has 10 aromatic rings. The van der Waals surface area contributed by atoms with Crippen LogP contribution in [0.2, 0.25) is 0 Å². The largest absolute Gasteiger partial charge is 0.475 e. The maximum Gasteiger partial charge on any atom is 0.475 e. The summed E-state index contributed by atoms with van der Waals surface area (Å²) in [6, 6.07) is 97.1. The summed E-state index contributed by atoms with van der Waals surface area (Å²) >= 11 is 0. The van der Waals surface area contributed by atoms with Gasteiger partial charge in [0, 0.05) is 14.2 Å². The third-order valence-electron chi connectivity index (χ3n) is 19.3. The molecule has 21 heteroatoms. The van der Waals surface area contributed by atoms with E-state index < -0.39 is 107 Å². The van der Waals surface area contributed by atoms with Crippen LogP contribution in [0.5, 0.6) is 0 Å². The lowest BCUT2D eigenvalue weighted by atomic mass is 10.1. The molecular weight excluding hydrogens is 1460 g/mol. The molecule has 12 rings (SSSR count). The molecule has 2 fully saturated rings. The third kappa shape index (κ3) is 26.9. The van der Waals surface area contributed by atoms with Gasteiger partial charge in [-0.15, -0.1) is 0 Å². The van der Waals surface area contributed by atoms with Crippen LogP contribution in [0.4, 0.5) is 0 Å². The lowest BCUT2D eigenvalue weighted by Crippen LogP contribution is -2.48. The second-order valence-corrected chi connectivity index (χ2v) is 29.2. The van der Waals surface area contributed by atoms with Gasteiger partial charge in [-0.05, 0) is 55.6 Å². The van der Waals surface area contributed by atoms with Crippen LogP contribution < -0.4 is 0 Å². The zero-order chi connectivity index (χ0) is 77.8. The molecule has 20 nitrogen and oxygen atoms in total. The first kappa shape index (κ1) is 84.1. The van der Waals surface area contributed by atoms with Crippen LogP contribution in [0, 0.1) is 0 Å². The second kappa shape index (κ2) is 46.3. The van der Waals surface area contributed by atoms with E-state index in [4.69, 9.17) is 84.6 Å². The van der Waals surface area contributed by atoms with Crippen molar-refractivity contribution in [1.82, 2.24) is 0 Å². The topological polar surface area (TPSA) is 203 Å². The highest BCUT2D eigenvalue weighted by Gasteiger charge is 2.52. The van der Waals surface area contributed by atoms with E-state index in [9.17, 15) is 5.11 Å². The van der Waals surface area contributed by atoms with Gasteiger partial charge in [0.2, 0.25) is 0 Å². The fourth-order valence-electron chi connectivity index (χ4n) is 13.3. The normalized spacial score (nSPS) is 20.4. The van der Waals surface area contributed by atoms with Crippen LogP contribution in [-0.4, -0.2) is 145 Å². The number of ether oxygens (including phenoxy) is 15. The van der Waals surface area contributed by atoms with Crippen molar-refractivity contribution in [2.75, 3.05) is 53.9 Å². The van der Waals surface area contributed by atoms with Gasteiger partial charge < -0.3 is 76.2 Å². The molecule has 15 atom stereocenters. The lowest BCUT2D eigenvalue weighted by Gasteiger charge is -2.35. The Morgan fingerprint density at radius 2 is 0.575 bits per heavy atom. The molecule has 113 heavy (non-hydrogen) atoms. The van der Waals surface area contributed by atoms with E-state index in [0.29, 0.717) is 12.2 Å². The van der Waals surface area contributed by atoms with Gasteiger partial charge in [0.05, 0.1) is 106 Å². The number of methoxy groups -OCH3 is 2. The minimum atomic E-state index is -4.93. The minimum absolute atomic E-state index is 0.0411. The summed E-state index contributed by atoms with van der Waals surface area (Å²) in [5.41, 5.74) is 8.73. The van der Waals surface area contributed by atoms with Gasteiger partial charge in [-0.3, -0.25) is 13.6 Å². The van der Waals surface area contributed by atoms with Crippen molar-refractivity contribution in [2.24, 2.45) is 0 Å². The predicted octanol–water partition coefficient (Wildman–Crippen LogP) is 15.7. The maximum absolute atomic E-state index is 16.6. The molecule has 0 spiro atoms. The van der Waals surface area contributed by atoms with Gasteiger partial charge in [0.25, 0.3) is 0 Å². The molecule has 0 amide bonds. The van der Waals surface area contributed by atoms with Crippen molar-refractivity contribution in [3.05, 3.63) is 359 Å². The Morgan fingerprint density at radius 3 is 0.912 bits per heavy atom. The number of aliphatic hydroxyl groups excluding tert-OH is 1. The SMILES string of the molecule is COC1C(OCc2ccccc2)[C@@H](COCc2ccccc2)O[C@H]1OCC(OCc1ccccc1)C(OCc1ccccc1)C(COP(=O)(OCc1ccccc1)OC1C(OC)[C@H](OCC(OCc2ccccc2)C(OCc2ccccc2)C(CO)OCc2ccccc2)O[C@@H]1COCc1ccccc1)OCc1ccccc1. The molecule has 0 aliphatic carbocycles. The zero-order valence-electron chi connectivity index (χ0n) is 63.9. The Kier molecular flexibility index (Phi) is 34.4. The van der Waals surface area contributed by atoms with Crippen LogP contribution in [0.15, 0.2) is 303 Å². The molecular formula is C92H103O20P. The van der Waals surface area contributed by atoms with E-state index in [1.807, 2.05) is 303 Å². The van der Waals surface area contributed by atoms with Crippen LogP contribution in [-0.2, 0) is 155 Å². The van der Waals surface area contributed by atoms with Gasteiger partial charge in [-0.25, -0.2) is 4.57 Å². The smallest absolute Gasteiger partial charge is 0.394 e. The Balaban J connectivity index is 0.871. The molecule has 0 bridgehead atoms. The fourth-order valence-corrected chi connectivity index (χ4v) is 14.7. The highest BCUT2D eigenvalue weighted by atomic mass is 31.2. The summed E-state index contributed by atoms with van der Waals surface area (Å²) in [7, 11) is -1.84. The molecule has 2 aliphatic rings. The molecule has 0 saturated carbocycles. The van der Waals surface area contributed by atoms with Crippen molar-refractivity contribution in [3.63, 3.8) is 0 Å². The average Bonchev–Trinajstić information content (AvgIpc) is 1.65. The monoisotopic (exact) mass is 1560 g/mol. The molecule has 0 aromatic heterocycles. The Labute approximate surface area is 663 Å². The van der Waals surface area contributed by atoms with E-state index in [0.717, 1.165) is 50.1 Å². The summed E-state index contributed by atoms with van der Waals surface area (Å²) in [6.45, 7) is 0.0203. The Morgan fingerprint density at radius 1 is 0.301 bits per heavy atom. The van der Waals surface area contributed by atoms with Gasteiger partial charge >= 0.3 is 7.82 Å². The first-order chi connectivity index (χ1) is 55.7. The third-order valence-corrected chi connectivity index (χ3v) is 20.7. The molecule has 10 aromatic carbocycles. The molecule has 1 N–H and O–H groups in total. The summed E-state index contributed by atoms with van der Waals surface area (Å²) in [5.74, 6) is 0. The Hall–Kier alpha value is -8.33. The van der Waals surface area contributed by atoms with Gasteiger partial charge in [-0.2, -0.15) is 0 Å². The van der Waals surface area contributed by atoms with Crippen molar-refractivity contribution in [1.29, 1.82) is 0 Å². The van der Waals surface area contributed by atoms with E-state index in [1.165, 1.54) is 7.11 Å². The van der Waals surface area contributed by atoms with E-state index in [2.05, 4.69) is 0 Å². The standard InChI is InChI=1S/C92H103O20P/c1-95-89-87(105-62-77-49-29-11-30-50-77)83(64-97-54-69-33-13-3-14-34-69)110-91(89)106-67-81(101-58-73-41-21-7-22-42-73)86(104-61-76-47-27-10-28-48-76)82(102-59-74-43-23-8-24-44-74)68-109-113(94,108-63-78-51-31-12-32-52-78)112-88-84(65-98-55-70-35-15-4-16-36-70)111-92(90(88)96-2)107-66-80(100-57-72-39-19-6-20-40-72)85(103-60-75-45-25-9-26-46-75)79(53-93)99-56-71-37-17-5-18-38-71/h3-52,79-93H,53-68H2,1-2H3/t79?,80?,81?,82?,83-,84-,85?,86?,87?,88?,89?,90?,91-,92-,113?/m1/s1. The number of hydrogen-bond acceptors (Lipinski definition) is 20. The van der Waals surface area contributed by atoms with Crippen LogP contribution in [0.25, 0.3) is 0 Å². The zero-order valence-corrected chi connectivity index (χ0v) is 64.8. The van der Waals surface area contributed by atoms with E-state index in [-0.39, 0.29) is 85.9 Å². The Bertz CT molecular complexity index is 4220.